The van der Waals surface area contributed by atoms with Gasteiger partial charge in [-0.25, -0.2) is 0 Å². The lowest BCUT2D eigenvalue weighted by Gasteiger charge is -2.16. The predicted molar refractivity (Wildman–Crippen MR) is 84.8 cm³/mol. The van der Waals surface area contributed by atoms with Crippen molar-refractivity contribution in [2.45, 2.75) is 39.7 Å². The number of aryl methyl sites for hydroxylation is 3. The number of rotatable bonds is 5. The second-order valence-corrected chi connectivity index (χ2v) is 5.36. The minimum Gasteiger partial charge on any atom is -0.394 e. The van der Waals surface area contributed by atoms with E-state index in [1.165, 1.54) is 11.1 Å². The number of aromatic nitrogens is 2. The Hall–Kier alpha value is -1.97. The summed E-state index contributed by atoms with van der Waals surface area (Å²) in [7, 11) is 1.93. The van der Waals surface area contributed by atoms with Crippen molar-refractivity contribution in [1.82, 2.24) is 9.78 Å². The third-order valence-corrected chi connectivity index (χ3v) is 3.58. The zero-order valence-electron chi connectivity index (χ0n) is 12.8. The maximum atomic E-state index is 6.19. The number of nitrogen functional groups attached to an aromatic ring is 1. The molecule has 0 saturated carbocycles. The first kappa shape index (κ1) is 14.4. The molecule has 0 bridgehead atoms. The number of anilines is 2. The summed E-state index contributed by atoms with van der Waals surface area (Å²) in [6.45, 7) is 6.37. The zero-order valence-corrected chi connectivity index (χ0v) is 12.8. The fourth-order valence-electron chi connectivity index (χ4n) is 2.33. The molecule has 0 radical (unpaired) electrons. The molecule has 20 heavy (non-hydrogen) atoms. The van der Waals surface area contributed by atoms with Gasteiger partial charge in [-0.2, -0.15) is 5.10 Å². The van der Waals surface area contributed by atoms with Crippen LogP contribution in [-0.2, 0) is 13.5 Å². The van der Waals surface area contributed by atoms with Gasteiger partial charge in [0.05, 0.1) is 17.4 Å². The smallest absolute Gasteiger partial charge is 0.148 e. The molecule has 1 heterocycles. The van der Waals surface area contributed by atoms with Gasteiger partial charge in [0.25, 0.3) is 0 Å². The van der Waals surface area contributed by atoms with Gasteiger partial charge in [-0.3, -0.25) is 4.68 Å². The van der Waals surface area contributed by atoms with Crippen molar-refractivity contribution in [1.29, 1.82) is 0 Å². The molecule has 2 aromatic rings. The Morgan fingerprint density at radius 1 is 1.30 bits per heavy atom. The molecule has 3 N–H and O–H groups in total. The van der Waals surface area contributed by atoms with Crippen LogP contribution in [0.4, 0.5) is 11.5 Å². The van der Waals surface area contributed by atoms with Crippen molar-refractivity contribution >= 4 is 11.5 Å². The van der Waals surface area contributed by atoms with Gasteiger partial charge in [-0.05, 0) is 25.8 Å². The maximum absolute atomic E-state index is 6.19. The Bertz CT molecular complexity index is 569. The second-order valence-electron chi connectivity index (χ2n) is 5.36. The van der Waals surface area contributed by atoms with Crippen LogP contribution in [-0.4, -0.2) is 9.78 Å². The van der Waals surface area contributed by atoms with E-state index < -0.39 is 0 Å². The molecule has 0 saturated heterocycles. The summed E-state index contributed by atoms with van der Waals surface area (Å²) in [5, 5.41) is 7.96. The Balaban J connectivity index is 2.19. The van der Waals surface area contributed by atoms with Crippen LogP contribution in [0.1, 0.15) is 43.1 Å². The van der Waals surface area contributed by atoms with Crippen LogP contribution in [0.25, 0.3) is 0 Å². The van der Waals surface area contributed by atoms with E-state index in [-0.39, 0.29) is 6.04 Å². The minimum atomic E-state index is 0.197. The van der Waals surface area contributed by atoms with Crippen LogP contribution >= 0.6 is 0 Å². The van der Waals surface area contributed by atoms with E-state index in [4.69, 9.17) is 5.73 Å². The van der Waals surface area contributed by atoms with E-state index in [2.05, 4.69) is 55.5 Å². The Morgan fingerprint density at radius 3 is 2.55 bits per heavy atom. The van der Waals surface area contributed by atoms with Gasteiger partial charge in [0.15, 0.2) is 0 Å². The molecule has 108 valence electrons. The van der Waals surface area contributed by atoms with Gasteiger partial charge in [-0.15, -0.1) is 0 Å². The van der Waals surface area contributed by atoms with E-state index in [1.807, 2.05) is 11.7 Å². The average molecular weight is 272 g/mol. The van der Waals surface area contributed by atoms with E-state index in [9.17, 15) is 0 Å². The largest absolute Gasteiger partial charge is 0.394 e. The molecule has 1 aromatic carbocycles. The third-order valence-electron chi connectivity index (χ3n) is 3.58. The van der Waals surface area contributed by atoms with Crippen LogP contribution in [0.3, 0.4) is 0 Å². The average Bonchev–Trinajstić information content (AvgIpc) is 2.68. The molecule has 0 aliphatic heterocycles. The zero-order chi connectivity index (χ0) is 14.7. The third kappa shape index (κ3) is 2.95. The molecule has 4 nitrogen and oxygen atoms in total. The summed E-state index contributed by atoms with van der Waals surface area (Å²) < 4.78 is 1.84. The van der Waals surface area contributed by atoms with Crippen LogP contribution < -0.4 is 11.1 Å². The first-order valence-electron chi connectivity index (χ1n) is 7.17. The molecular weight excluding hydrogens is 248 g/mol. The van der Waals surface area contributed by atoms with Gasteiger partial charge in [0.2, 0.25) is 0 Å². The number of benzene rings is 1. The molecule has 0 fully saturated rings. The summed E-state index contributed by atoms with van der Waals surface area (Å²) in [5.41, 5.74) is 10.5. The predicted octanol–water partition coefficient (Wildman–Crippen LogP) is 3.44. The highest BCUT2D eigenvalue weighted by Crippen LogP contribution is 2.27. The standard InChI is InChI=1S/C16H24N4/c1-5-6-14-15(17)16(20(4)19-14)18-12(3)13-9-7-11(2)8-10-13/h7-10,12,18H,5-6,17H2,1-4H3. The van der Waals surface area contributed by atoms with Crippen molar-refractivity contribution < 1.29 is 0 Å². The first-order chi connectivity index (χ1) is 9.52. The number of hydrogen-bond donors (Lipinski definition) is 2. The lowest BCUT2D eigenvalue weighted by atomic mass is 10.1. The van der Waals surface area contributed by atoms with E-state index >= 15 is 0 Å². The van der Waals surface area contributed by atoms with E-state index in [1.54, 1.807) is 0 Å². The molecular formula is C16H24N4. The highest BCUT2D eigenvalue weighted by Gasteiger charge is 2.15. The van der Waals surface area contributed by atoms with Crippen LogP contribution in [0.15, 0.2) is 24.3 Å². The normalized spacial score (nSPS) is 12.4. The van der Waals surface area contributed by atoms with Crippen molar-refractivity contribution in [3.63, 3.8) is 0 Å². The van der Waals surface area contributed by atoms with Crippen LogP contribution in [0, 0.1) is 6.92 Å². The highest BCUT2D eigenvalue weighted by molar-refractivity contribution is 5.65. The van der Waals surface area contributed by atoms with Crippen molar-refractivity contribution in [3.8, 4) is 0 Å². The molecule has 0 aliphatic rings. The second kappa shape index (κ2) is 5.99. The van der Waals surface area contributed by atoms with Gasteiger partial charge in [-0.1, -0.05) is 43.2 Å². The summed E-state index contributed by atoms with van der Waals surface area (Å²) in [5.74, 6) is 0.904. The SMILES string of the molecule is CCCc1nn(C)c(NC(C)c2ccc(C)cc2)c1N. The van der Waals surface area contributed by atoms with Gasteiger partial charge >= 0.3 is 0 Å². The van der Waals surface area contributed by atoms with Crippen molar-refractivity contribution in [2.24, 2.45) is 7.05 Å². The maximum Gasteiger partial charge on any atom is 0.148 e. The quantitative estimate of drug-likeness (QED) is 0.876. The summed E-state index contributed by atoms with van der Waals surface area (Å²) in [4.78, 5) is 0. The Labute approximate surface area is 121 Å². The lowest BCUT2D eigenvalue weighted by Crippen LogP contribution is -2.11. The summed E-state index contributed by atoms with van der Waals surface area (Å²) in [6.07, 6.45) is 1.97. The van der Waals surface area contributed by atoms with Gasteiger partial charge < -0.3 is 11.1 Å². The van der Waals surface area contributed by atoms with Crippen molar-refractivity contribution in [3.05, 3.63) is 41.1 Å². The van der Waals surface area contributed by atoms with Gasteiger partial charge in [0, 0.05) is 7.05 Å². The van der Waals surface area contributed by atoms with Crippen LogP contribution in [0.5, 0.6) is 0 Å². The molecule has 1 unspecified atom stereocenters. The number of hydrogen-bond acceptors (Lipinski definition) is 3. The number of nitrogens with zero attached hydrogens (tertiary/aromatic N) is 2. The lowest BCUT2D eigenvalue weighted by molar-refractivity contribution is 0.725. The number of nitrogens with two attached hydrogens (primary N) is 1. The highest BCUT2D eigenvalue weighted by atomic mass is 15.3. The fraction of sp³-hybridized carbons (Fsp3) is 0.438. The van der Waals surface area contributed by atoms with Crippen molar-refractivity contribution in [2.75, 3.05) is 11.1 Å². The Morgan fingerprint density at radius 2 is 1.95 bits per heavy atom. The van der Waals surface area contributed by atoms with Gasteiger partial charge in [0.1, 0.15) is 5.82 Å². The summed E-state index contributed by atoms with van der Waals surface area (Å²) >= 11 is 0. The molecule has 1 atom stereocenters. The summed E-state index contributed by atoms with van der Waals surface area (Å²) in [6, 6.07) is 8.74. The topological polar surface area (TPSA) is 55.9 Å². The molecule has 4 heteroatoms. The molecule has 1 aromatic heterocycles. The first-order valence-corrected chi connectivity index (χ1v) is 7.17. The van der Waals surface area contributed by atoms with Crippen LogP contribution in [0.2, 0.25) is 0 Å². The number of nitrogens with one attached hydrogen (secondary N) is 1. The Kier molecular flexibility index (Phi) is 4.32. The monoisotopic (exact) mass is 272 g/mol. The fourth-order valence-corrected chi connectivity index (χ4v) is 2.33. The van der Waals surface area contributed by atoms with E-state index in [0.29, 0.717) is 0 Å². The molecule has 0 spiro atoms. The molecule has 2 rings (SSSR count). The molecule has 0 aliphatic carbocycles. The van der Waals surface area contributed by atoms with E-state index in [0.717, 1.165) is 30.0 Å². The molecule has 0 amide bonds. The minimum absolute atomic E-state index is 0.197.